The average molecular weight is 202 g/mol. The van der Waals surface area contributed by atoms with E-state index in [0.29, 0.717) is 11.8 Å². The van der Waals surface area contributed by atoms with Gasteiger partial charge in [0.05, 0.1) is 12.4 Å². The highest BCUT2D eigenvalue weighted by Gasteiger charge is 2.07. The summed E-state index contributed by atoms with van der Waals surface area (Å²) in [5, 5.41) is 11.4. The Morgan fingerprint density at radius 1 is 1.69 bits per heavy atom. The first kappa shape index (κ1) is 9.97. The number of thioether (sulfide) groups is 1. The van der Waals surface area contributed by atoms with E-state index in [1.54, 1.807) is 14.0 Å². The molecule has 1 aromatic heterocycles. The molecule has 0 saturated carbocycles. The van der Waals surface area contributed by atoms with Crippen molar-refractivity contribution in [1.82, 2.24) is 20.2 Å². The molecular formula is C6H10N4O2S. The van der Waals surface area contributed by atoms with Crippen LogP contribution in [0.1, 0.15) is 6.92 Å². The molecule has 0 spiro atoms. The Kier molecular flexibility index (Phi) is 3.69. The second kappa shape index (κ2) is 4.80. The van der Waals surface area contributed by atoms with E-state index in [4.69, 9.17) is 4.74 Å². The molecule has 0 bridgehead atoms. The summed E-state index contributed by atoms with van der Waals surface area (Å²) >= 11 is 1.25. The highest BCUT2D eigenvalue weighted by atomic mass is 32.2. The smallest absolute Gasteiger partial charge is 0.316 e. The maximum Gasteiger partial charge on any atom is 0.316 e. The van der Waals surface area contributed by atoms with Crippen molar-refractivity contribution in [3.63, 3.8) is 0 Å². The summed E-state index contributed by atoms with van der Waals surface area (Å²) < 4.78 is 6.25. The molecule has 72 valence electrons. The van der Waals surface area contributed by atoms with Crippen molar-refractivity contribution in [2.75, 3.05) is 12.4 Å². The lowest BCUT2D eigenvalue weighted by Gasteiger charge is -1.99. The molecule has 0 amide bonds. The van der Waals surface area contributed by atoms with Gasteiger partial charge in [-0.05, 0) is 17.4 Å². The van der Waals surface area contributed by atoms with E-state index in [2.05, 4.69) is 15.5 Å². The maximum absolute atomic E-state index is 10.9. The molecular weight excluding hydrogens is 192 g/mol. The Morgan fingerprint density at radius 3 is 3.00 bits per heavy atom. The van der Waals surface area contributed by atoms with Gasteiger partial charge in [-0.25, -0.2) is 4.68 Å². The van der Waals surface area contributed by atoms with E-state index in [9.17, 15) is 4.79 Å². The Hall–Kier alpha value is -1.11. The number of rotatable bonds is 4. The Morgan fingerprint density at radius 2 is 2.46 bits per heavy atom. The molecule has 0 atom stereocenters. The van der Waals surface area contributed by atoms with E-state index in [-0.39, 0.29) is 11.7 Å². The number of aryl methyl sites for hydroxylation is 1. The number of esters is 1. The summed E-state index contributed by atoms with van der Waals surface area (Å²) in [5.41, 5.74) is 0. The molecule has 1 aromatic rings. The number of carbonyl (C=O) groups excluding carboxylic acids is 1. The molecule has 0 aliphatic heterocycles. The third-order valence-corrected chi connectivity index (χ3v) is 2.19. The molecule has 0 unspecified atom stereocenters. The Bertz CT molecular complexity index is 288. The zero-order valence-corrected chi connectivity index (χ0v) is 8.24. The van der Waals surface area contributed by atoms with Gasteiger partial charge in [0.1, 0.15) is 0 Å². The lowest BCUT2D eigenvalue weighted by atomic mass is 10.8. The molecule has 7 heteroatoms. The summed E-state index contributed by atoms with van der Waals surface area (Å²) in [5.74, 6) is -0.0160. The first-order chi connectivity index (χ1) is 6.24. The van der Waals surface area contributed by atoms with Crippen LogP contribution < -0.4 is 0 Å². The second-order valence-electron chi connectivity index (χ2n) is 2.18. The van der Waals surface area contributed by atoms with Gasteiger partial charge in [-0.1, -0.05) is 11.8 Å². The van der Waals surface area contributed by atoms with Crippen LogP contribution in [0.15, 0.2) is 5.16 Å². The van der Waals surface area contributed by atoms with Crippen LogP contribution in [0.4, 0.5) is 0 Å². The molecule has 0 aromatic carbocycles. The molecule has 0 radical (unpaired) electrons. The number of ether oxygens (including phenoxy) is 1. The SMILES string of the molecule is CCOC(=O)CSc1nnnn1C. The van der Waals surface area contributed by atoms with E-state index >= 15 is 0 Å². The summed E-state index contributed by atoms with van der Waals surface area (Å²) in [6, 6.07) is 0. The number of hydrogen-bond donors (Lipinski definition) is 0. The van der Waals surface area contributed by atoms with E-state index < -0.39 is 0 Å². The average Bonchev–Trinajstić information content (AvgIpc) is 2.48. The quantitative estimate of drug-likeness (QED) is 0.500. The van der Waals surface area contributed by atoms with Crippen LogP contribution in [0.3, 0.4) is 0 Å². The van der Waals surface area contributed by atoms with Crippen molar-refractivity contribution < 1.29 is 9.53 Å². The highest BCUT2D eigenvalue weighted by molar-refractivity contribution is 7.99. The van der Waals surface area contributed by atoms with Crippen LogP contribution in [0.2, 0.25) is 0 Å². The lowest BCUT2D eigenvalue weighted by Crippen LogP contribution is -2.07. The predicted octanol–water partition coefficient (Wildman–Crippen LogP) is -0.135. The Balaban J connectivity index is 2.35. The van der Waals surface area contributed by atoms with Gasteiger partial charge < -0.3 is 4.74 Å². The number of tetrazole rings is 1. The summed E-state index contributed by atoms with van der Waals surface area (Å²) in [6.45, 7) is 2.17. The third kappa shape index (κ3) is 3.02. The van der Waals surface area contributed by atoms with Gasteiger partial charge in [0.2, 0.25) is 5.16 Å². The number of hydrogen-bond acceptors (Lipinski definition) is 6. The topological polar surface area (TPSA) is 69.9 Å². The van der Waals surface area contributed by atoms with Crippen molar-refractivity contribution in [3.8, 4) is 0 Å². The standard InChI is InChI=1S/C6H10N4O2S/c1-3-12-5(11)4-13-6-7-8-9-10(6)2/h3-4H2,1-2H3. The van der Waals surface area contributed by atoms with Gasteiger partial charge >= 0.3 is 5.97 Å². The number of nitrogens with zero attached hydrogens (tertiary/aromatic N) is 4. The third-order valence-electron chi connectivity index (χ3n) is 1.21. The zero-order chi connectivity index (χ0) is 9.68. The zero-order valence-electron chi connectivity index (χ0n) is 7.43. The number of aromatic nitrogens is 4. The van der Waals surface area contributed by atoms with Crippen LogP contribution in [0, 0.1) is 0 Å². The first-order valence-electron chi connectivity index (χ1n) is 3.74. The summed E-state index contributed by atoms with van der Waals surface area (Å²) in [7, 11) is 1.72. The number of carbonyl (C=O) groups is 1. The molecule has 0 saturated heterocycles. The van der Waals surface area contributed by atoms with Crippen LogP contribution in [-0.4, -0.2) is 38.5 Å². The van der Waals surface area contributed by atoms with Crippen molar-refractivity contribution in [1.29, 1.82) is 0 Å². The summed E-state index contributed by atoms with van der Waals surface area (Å²) in [4.78, 5) is 10.9. The van der Waals surface area contributed by atoms with Crippen LogP contribution in [-0.2, 0) is 16.6 Å². The molecule has 1 rings (SSSR count). The van der Waals surface area contributed by atoms with E-state index in [1.165, 1.54) is 16.4 Å². The molecule has 6 nitrogen and oxygen atoms in total. The lowest BCUT2D eigenvalue weighted by molar-refractivity contribution is -0.139. The minimum Gasteiger partial charge on any atom is -0.465 e. The molecule has 0 fully saturated rings. The van der Waals surface area contributed by atoms with Crippen molar-refractivity contribution >= 4 is 17.7 Å². The van der Waals surface area contributed by atoms with Crippen molar-refractivity contribution in [2.24, 2.45) is 7.05 Å². The summed E-state index contributed by atoms with van der Waals surface area (Å²) in [6.07, 6.45) is 0. The fourth-order valence-corrected chi connectivity index (χ4v) is 1.32. The fourth-order valence-electron chi connectivity index (χ4n) is 0.670. The van der Waals surface area contributed by atoms with Gasteiger partial charge in [-0.15, -0.1) is 5.10 Å². The largest absolute Gasteiger partial charge is 0.465 e. The maximum atomic E-state index is 10.9. The van der Waals surface area contributed by atoms with Crippen molar-refractivity contribution in [2.45, 2.75) is 12.1 Å². The van der Waals surface area contributed by atoms with Crippen LogP contribution >= 0.6 is 11.8 Å². The van der Waals surface area contributed by atoms with Crippen molar-refractivity contribution in [3.05, 3.63) is 0 Å². The van der Waals surface area contributed by atoms with Crippen LogP contribution in [0.25, 0.3) is 0 Å². The molecule has 0 N–H and O–H groups in total. The normalized spacial score (nSPS) is 10.0. The first-order valence-corrected chi connectivity index (χ1v) is 4.73. The van der Waals surface area contributed by atoms with Crippen LogP contribution in [0.5, 0.6) is 0 Å². The fraction of sp³-hybridized carbons (Fsp3) is 0.667. The molecule has 1 heterocycles. The van der Waals surface area contributed by atoms with Gasteiger partial charge in [0.25, 0.3) is 0 Å². The molecule has 0 aliphatic rings. The second-order valence-corrected chi connectivity index (χ2v) is 3.12. The van der Waals surface area contributed by atoms with E-state index in [1.807, 2.05) is 0 Å². The highest BCUT2D eigenvalue weighted by Crippen LogP contribution is 2.11. The molecule has 13 heavy (non-hydrogen) atoms. The minimum absolute atomic E-state index is 0.238. The minimum atomic E-state index is -0.254. The monoisotopic (exact) mass is 202 g/mol. The van der Waals surface area contributed by atoms with Gasteiger partial charge in [0.15, 0.2) is 0 Å². The van der Waals surface area contributed by atoms with Gasteiger partial charge in [0, 0.05) is 7.05 Å². The predicted molar refractivity (Wildman–Crippen MR) is 46.2 cm³/mol. The van der Waals surface area contributed by atoms with Gasteiger partial charge in [-0.2, -0.15) is 0 Å². The molecule has 0 aliphatic carbocycles. The van der Waals surface area contributed by atoms with E-state index in [0.717, 1.165) is 0 Å². The van der Waals surface area contributed by atoms with Gasteiger partial charge in [-0.3, -0.25) is 4.79 Å². The Labute approximate surface area is 79.6 Å².